The topological polar surface area (TPSA) is 51.0 Å². The van der Waals surface area contributed by atoms with Gasteiger partial charge in [-0.05, 0) is 5.92 Å². The van der Waals surface area contributed by atoms with E-state index in [1.807, 2.05) is 13.8 Å². The molecule has 0 saturated carbocycles. The lowest BCUT2D eigenvalue weighted by atomic mass is 10.2. The van der Waals surface area contributed by atoms with Crippen LogP contribution in [0.15, 0.2) is 11.0 Å². The van der Waals surface area contributed by atoms with Crippen molar-refractivity contribution in [3.8, 4) is 0 Å². The predicted octanol–water partition coefficient (Wildman–Crippen LogP) is 2.41. The first-order chi connectivity index (χ1) is 7.00. The van der Waals surface area contributed by atoms with E-state index in [1.54, 1.807) is 0 Å². The van der Waals surface area contributed by atoms with Crippen molar-refractivity contribution >= 4 is 5.70 Å². The Morgan fingerprint density at radius 2 is 2.00 bits per heavy atom. The van der Waals surface area contributed by atoms with Gasteiger partial charge in [0, 0.05) is 12.5 Å². The molecule has 84 valence electrons. The van der Waals surface area contributed by atoms with Crippen molar-refractivity contribution in [1.29, 1.82) is 0 Å². The summed E-state index contributed by atoms with van der Waals surface area (Å²) in [7, 11) is 0. The van der Waals surface area contributed by atoms with Crippen LogP contribution in [0.2, 0.25) is 0 Å². The fourth-order valence-corrected chi connectivity index (χ4v) is 0.993. The summed E-state index contributed by atoms with van der Waals surface area (Å²) in [4.78, 5) is 0. The van der Waals surface area contributed by atoms with E-state index >= 15 is 0 Å². The normalized spacial score (nSPS) is 11.1. The maximum atomic E-state index is 5.45. The molecule has 1 rings (SSSR count). The lowest BCUT2D eigenvalue weighted by molar-refractivity contribution is 0.456. The summed E-state index contributed by atoms with van der Waals surface area (Å²) < 4.78 is 5.45. The van der Waals surface area contributed by atoms with Gasteiger partial charge in [-0.25, -0.2) is 0 Å². The second-order valence-electron chi connectivity index (χ2n) is 4.35. The molecule has 0 bridgehead atoms. The number of nitrogens with one attached hydrogen (secondary N) is 1. The molecule has 4 nitrogen and oxygen atoms in total. The van der Waals surface area contributed by atoms with Crippen molar-refractivity contribution in [2.45, 2.75) is 33.6 Å². The van der Waals surface area contributed by atoms with Crippen LogP contribution in [-0.4, -0.2) is 16.7 Å². The third-order valence-electron chi connectivity index (χ3n) is 1.92. The summed E-state index contributed by atoms with van der Waals surface area (Å²) in [5, 5.41) is 11.0. The SMILES string of the molecule is C=C(NCC(C)C)c1nnc(C(C)C)o1. The van der Waals surface area contributed by atoms with Gasteiger partial charge >= 0.3 is 0 Å². The Morgan fingerprint density at radius 1 is 1.33 bits per heavy atom. The molecule has 1 heterocycles. The average Bonchev–Trinajstić information content (AvgIpc) is 2.62. The highest BCUT2D eigenvalue weighted by atomic mass is 16.4. The number of aromatic nitrogens is 2. The highest BCUT2D eigenvalue weighted by molar-refractivity contribution is 5.52. The van der Waals surface area contributed by atoms with Gasteiger partial charge in [-0.15, -0.1) is 10.2 Å². The van der Waals surface area contributed by atoms with Gasteiger partial charge in [-0.1, -0.05) is 34.3 Å². The van der Waals surface area contributed by atoms with Crippen molar-refractivity contribution in [2.75, 3.05) is 6.54 Å². The van der Waals surface area contributed by atoms with Crippen LogP contribution < -0.4 is 5.32 Å². The largest absolute Gasteiger partial charge is 0.419 e. The second-order valence-corrected chi connectivity index (χ2v) is 4.35. The zero-order valence-corrected chi connectivity index (χ0v) is 9.87. The minimum absolute atomic E-state index is 0.254. The van der Waals surface area contributed by atoms with Crippen LogP contribution in [-0.2, 0) is 0 Å². The minimum Gasteiger partial charge on any atom is -0.419 e. The quantitative estimate of drug-likeness (QED) is 0.809. The monoisotopic (exact) mass is 209 g/mol. The Morgan fingerprint density at radius 3 is 2.47 bits per heavy atom. The van der Waals surface area contributed by atoms with Crippen molar-refractivity contribution < 1.29 is 4.42 Å². The number of hydrogen-bond acceptors (Lipinski definition) is 4. The van der Waals surface area contributed by atoms with Crippen molar-refractivity contribution in [3.05, 3.63) is 18.4 Å². The first-order valence-electron chi connectivity index (χ1n) is 5.27. The van der Waals surface area contributed by atoms with Crippen LogP contribution in [0.1, 0.15) is 45.4 Å². The fraction of sp³-hybridized carbons (Fsp3) is 0.636. The Bertz CT molecular complexity index is 328. The van der Waals surface area contributed by atoms with E-state index in [4.69, 9.17) is 4.42 Å². The highest BCUT2D eigenvalue weighted by Gasteiger charge is 2.11. The zero-order chi connectivity index (χ0) is 11.4. The van der Waals surface area contributed by atoms with Gasteiger partial charge in [0.2, 0.25) is 5.89 Å². The highest BCUT2D eigenvalue weighted by Crippen LogP contribution is 2.15. The molecular weight excluding hydrogens is 190 g/mol. The summed E-state index contributed by atoms with van der Waals surface area (Å²) in [6, 6.07) is 0. The molecule has 0 aliphatic carbocycles. The van der Waals surface area contributed by atoms with Gasteiger partial charge in [0.15, 0.2) is 0 Å². The van der Waals surface area contributed by atoms with Gasteiger partial charge in [0.05, 0.1) is 5.70 Å². The van der Waals surface area contributed by atoms with Gasteiger partial charge in [-0.3, -0.25) is 0 Å². The lowest BCUT2D eigenvalue weighted by Gasteiger charge is -2.07. The molecule has 0 aromatic carbocycles. The molecule has 0 aliphatic rings. The molecule has 0 atom stereocenters. The molecule has 1 aromatic heterocycles. The Hall–Kier alpha value is -1.32. The third-order valence-corrected chi connectivity index (χ3v) is 1.92. The molecule has 15 heavy (non-hydrogen) atoms. The Balaban J connectivity index is 2.58. The molecule has 0 spiro atoms. The molecule has 4 heteroatoms. The summed E-state index contributed by atoms with van der Waals surface area (Å²) >= 11 is 0. The van der Waals surface area contributed by atoms with Crippen LogP contribution in [0.25, 0.3) is 5.70 Å². The van der Waals surface area contributed by atoms with Crippen molar-refractivity contribution in [3.63, 3.8) is 0 Å². The number of rotatable bonds is 5. The van der Waals surface area contributed by atoms with Crippen LogP contribution in [0.3, 0.4) is 0 Å². The molecule has 0 amide bonds. The van der Waals surface area contributed by atoms with Crippen LogP contribution in [0, 0.1) is 5.92 Å². The molecular formula is C11H19N3O. The molecule has 0 fully saturated rings. The number of hydrogen-bond donors (Lipinski definition) is 1. The first kappa shape index (κ1) is 11.8. The fourth-order valence-electron chi connectivity index (χ4n) is 0.993. The van der Waals surface area contributed by atoms with E-state index in [1.165, 1.54) is 0 Å². The van der Waals surface area contributed by atoms with E-state index in [0.717, 1.165) is 6.54 Å². The number of nitrogens with zero attached hydrogens (tertiary/aromatic N) is 2. The van der Waals surface area contributed by atoms with E-state index in [9.17, 15) is 0 Å². The first-order valence-corrected chi connectivity index (χ1v) is 5.27. The van der Waals surface area contributed by atoms with Crippen LogP contribution in [0.4, 0.5) is 0 Å². The third kappa shape index (κ3) is 3.38. The average molecular weight is 209 g/mol. The molecule has 0 saturated heterocycles. The van der Waals surface area contributed by atoms with Crippen LogP contribution in [0.5, 0.6) is 0 Å². The maximum Gasteiger partial charge on any atom is 0.263 e. The standard InChI is InChI=1S/C11H19N3O/c1-7(2)6-12-9(5)11-14-13-10(15-11)8(3)4/h7-8,12H,5-6H2,1-4H3. The van der Waals surface area contributed by atoms with Gasteiger partial charge in [0.1, 0.15) is 0 Å². The smallest absolute Gasteiger partial charge is 0.263 e. The Labute approximate surface area is 90.8 Å². The van der Waals surface area contributed by atoms with Gasteiger partial charge in [-0.2, -0.15) is 0 Å². The van der Waals surface area contributed by atoms with Crippen LogP contribution >= 0.6 is 0 Å². The van der Waals surface area contributed by atoms with E-state index in [-0.39, 0.29) is 5.92 Å². The van der Waals surface area contributed by atoms with E-state index < -0.39 is 0 Å². The summed E-state index contributed by atoms with van der Waals surface area (Å²) in [6.07, 6.45) is 0. The van der Waals surface area contributed by atoms with E-state index in [2.05, 4.69) is 35.9 Å². The molecule has 0 radical (unpaired) electrons. The molecule has 0 unspecified atom stereocenters. The van der Waals surface area contributed by atoms with Crippen molar-refractivity contribution in [2.24, 2.45) is 5.92 Å². The van der Waals surface area contributed by atoms with Crippen molar-refractivity contribution in [1.82, 2.24) is 15.5 Å². The summed E-state index contributed by atoms with van der Waals surface area (Å²) in [5.41, 5.74) is 0.697. The Kier molecular flexibility index (Phi) is 3.88. The summed E-state index contributed by atoms with van der Waals surface area (Å²) in [5.74, 6) is 1.95. The van der Waals surface area contributed by atoms with Gasteiger partial charge in [0.25, 0.3) is 5.89 Å². The lowest BCUT2D eigenvalue weighted by Crippen LogP contribution is -2.17. The minimum atomic E-state index is 0.254. The second kappa shape index (κ2) is 4.96. The van der Waals surface area contributed by atoms with E-state index in [0.29, 0.717) is 23.4 Å². The maximum absolute atomic E-state index is 5.45. The van der Waals surface area contributed by atoms with Gasteiger partial charge < -0.3 is 9.73 Å². The summed E-state index contributed by atoms with van der Waals surface area (Å²) in [6.45, 7) is 13.0. The zero-order valence-electron chi connectivity index (χ0n) is 9.87. The molecule has 0 aliphatic heterocycles. The predicted molar refractivity (Wildman–Crippen MR) is 60.3 cm³/mol. The molecule has 1 aromatic rings. The molecule has 1 N–H and O–H groups in total.